The van der Waals surface area contributed by atoms with Gasteiger partial charge in [0.25, 0.3) is 0 Å². The molecule has 0 fully saturated rings. The highest BCUT2D eigenvalue weighted by molar-refractivity contribution is 5.86. The minimum atomic E-state index is -1.16. The highest BCUT2D eigenvalue weighted by Crippen LogP contribution is 2.37. The van der Waals surface area contributed by atoms with E-state index in [1.807, 2.05) is 6.92 Å². The lowest BCUT2D eigenvalue weighted by molar-refractivity contribution is 0.0652. The molecule has 1 N–H and O–H groups in total. The second-order valence-electron chi connectivity index (χ2n) is 3.86. The predicted molar refractivity (Wildman–Crippen MR) is 66.7 cm³/mol. The average molecular weight is 263 g/mol. The standard InChI is InChI=1S/C13H13NO5/c1-7-10(17-2)5-4-8(12(7)18-3)9-6-11(13(15)16)19-14-9/h4-6H,1-3H3,(H,15,16). The fraction of sp³-hybridized carbons (Fsp3) is 0.231. The summed E-state index contributed by atoms with van der Waals surface area (Å²) in [6, 6.07) is 4.86. The number of carboxylic acids is 1. The number of ether oxygens (including phenoxy) is 2. The molecule has 2 rings (SSSR count). The maximum atomic E-state index is 10.8. The van der Waals surface area contributed by atoms with E-state index in [9.17, 15) is 4.79 Å². The SMILES string of the molecule is COc1ccc(-c2cc(C(=O)O)on2)c(OC)c1C. The number of aromatic carboxylic acids is 1. The van der Waals surface area contributed by atoms with Crippen LogP contribution in [0.4, 0.5) is 0 Å². The van der Waals surface area contributed by atoms with Crippen LogP contribution in [0.15, 0.2) is 22.7 Å². The molecule has 1 heterocycles. The van der Waals surface area contributed by atoms with Crippen molar-refractivity contribution < 1.29 is 23.9 Å². The molecule has 0 aliphatic carbocycles. The maximum absolute atomic E-state index is 10.8. The molecule has 6 heteroatoms. The summed E-state index contributed by atoms with van der Waals surface area (Å²) in [5.74, 6) is -0.124. The molecule has 0 radical (unpaired) electrons. The van der Waals surface area contributed by atoms with E-state index in [1.54, 1.807) is 19.2 Å². The molecule has 0 saturated heterocycles. The molecule has 1 aromatic heterocycles. The first-order valence-corrected chi connectivity index (χ1v) is 5.50. The molecule has 6 nitrogen and oxygen atoms in total. The van der Waals surface area contributed by atoms with Gasteiger partial charge in [0.2, 0.25) is 5.76 Å². The first kappa shape index (κ1) is 12.9. The van der Waals surface area contributed by atoms with Crippen LogP contribution in [0.1, 0.15) is 16.1 Å². The minimum Gasteiger partial charge on any atom is -0.496 e. The Morgan fingerprint density at radius 1 is 1.32 bits per heavy atom. The Kier molecular flexibility index (Phi) is 3.41. The van der Waals surface area contributed by atoms with Gasteiger partial charge >= 0.3 is 5.97 Å². The molecular weight excluding hydrogens is 250 g/mol. The van der Waals surface area contributed by atoms with Gasteiger partial charge in [0.1, 0.15) is 17.2 Å². The number of hydrogen-bond acceptors (Lipinski definition) is 5. The van der Waals surface area contributed by atoms with Gasteiger partial charge in [-0.05, 0) is 19.1 Å². The van der Waals surface area contributed by atoms with Crippen molar-refractivity contribution in [2.75, 3.05) is 14.2 Å². The Morgan fingerprint density at radius 3 is 2.58 bits per heavy atom. The number of aromatic nitrogens is 1. The molecule has 0 spiro atoms. The average Bonchev–Trinajstić information content (AvgIpc) is 2.87. The van der Waals surface area contributed by atoms with Crippen LogP contribution in [0, 0.1) is 6.92 Å². The Bertz CT molecular complexity index is 617. The summed E-state index contributed by atoms with van der Waals surface area (Å²) in [5, 5.41) is 12.6. The van der Waals surface area contributed by atoms with Gasteiger partial charge in [0, 0.05) is 17.2 Å². The largest absolute Gasteiger partial charge is 0.496 e. The number of rotatable bonds is 4. The first-order chi connectivity index (χ1) is 9.08. The molecule has 0 bridgehead atoms. The van der Waals surface area contributed by atoms with Gasteiger partial charge in [-0.2, -0.15) is 0 Å². The third kappa shape index (κ3) is 2.24. The summed E-state index contributed by atoms with van der Waals surface area (Å²) < 4.78 is 15.3. The fourth-order valence-electron chi connectivity index (χ4n) is 1.86. The lowest BCUT2D eigenvalue weighted by Gasteiger charge is -2.12. The van der Waals surface area contributed by atoms with E-state index < -0.39 is 5.97 Å². The Morgan fingerprint density at radius 2 is 2.05 bits per heavy atom. The zero-order chi connectivity index (χ0) is 14.0. The summed E-state index contributed by atoms with van der Waals surface area (Å²) in [6.45, 7) is 1.85. The van der Waals surface area contributed by atoms with E-state index in [1.165, 1.54) is 13.2 Å². The van der Waals surface area contributed by atoms with Crippen molar-refractivity contribution >= 4 is 5.97 Å². The Hall–Kier alpha value is -2.50. The highest BCUT2D eigenvalue weighted by Gasteiger charge is 2.18. The summed E-state index contributed by atoms with van der Waals surface area (Å²) in [4.78, 5) is 10.8. The summed E-state index contributed by atoms with van der Waals surface area (Å²) in [7, 11) is 3.10. The molecule has 0 saturated carbocycles. The summed E-state index contributed by atoms with van der Waals surface area (Å²) in [6.07, 6.45) is 0. The van der Waals surface area contributed by atoms with Crippen LogP contribution < -0.4 is 9.47 Å². The lowest BCUT2D eigenvalue weighted by atomic mass is 10.1. The normalized spacial score (nSPS) is 10.3. The van der Waals surface area contributed by atoms with Crippen LogP contribution in [0.5, 0.6) is 11.5 Å². The van der Waals surface area contributed by atoms with Crippen molar-refractivity contribution in [3.63, 3.8) is 0 Å². The monoisotopic (exact) mass is 263 g/mol. The zero-order valence-corrected chi connectivity index (χ0v) is 10.8. The number of hydrogen-bond donors (Lipinski definition) is 1. The second-order valence-corrected chi connectivity index (χ2v) is 3.86. The van der Waals surface area contributed by atoms with Crippen LogP contribution in [0.2, 0.25) is 0 Å². The number of methoxy groups -OCH3 is 2. The molecule has 0 aliphatic heterocycles. The molecule has 0 aliphatic rings. The fourth-order valence-corrected chi connectivity index (χ4v) is 1.86. The van der Waals surface area contributed by atoms with Gasteiger partial charge in [0.15, 0.2) is 0 Å². The van der Waals surface area contributed by atoms with Crippen molar-refractivity contribution in [3.8, 4) is 22.8 Å². The molecule has 2 aromatic rings. The number of benzene rings is 1. The highest BCUT2D eigenvalue weighted by atomic mass is 16.5. The van der Waals surface area contributed by atoms with E-state index in [0.717, 1.165) is 5.56 Å². The van der Waals surface area contributed by atoms with Crippen molar-refractivity contribution in [2.24, 2.45) is 0 Å². The Balaban J connectivity index is 2.55. The van der Waals surface area contributed by atoms with Crippen LogP contribution in [-0.2, 0) is 0 Å². The van der Waals surface area contributed by atoms with Crippen molar-refractivity contribution in [1.29, 1.82) is 0 Å². The molecule has 0 atom stereocenters. The molecule has 19 heavy (non-hydrogen) atoms. The summed E-state index contributed by atoms with van der Waals surface area (Å²) >= 11 is 0. The van der Waals surface area contributed by atoms with E-state index in [4.69, 9.17) is 19.1 Å². The molecule has 0 amide bonds. The van der Waals surface area contributed by atoms with E-state index in [2.05, 4.69) is 5.16 Å². The van der Waals surface area contributed by atoms with E-state index in [-0.39, 0.29) is 5.76 Å². The maximum Gasteiger partial charge on any atom is 0.374 e. The van der Waals surface area contributed by atoms with Gasteiger partial charge in [-0.15, -0.1) is 0 Å². The quantitative estimate of drug-likeness (QED) is 0.911. The number of nitrogens with zero attached hydrogens (tertiary/aromatic N) is 1. The Labute approximate surface area is 109 Å². The summed E-state index contributed by atoms with van der Waals surface area (Å²) in [5.41, 5.74) is 1.86. The molecule has 100 valence electrons. The predicted octanol–water partition coefficient (Wildman–Crippen LogP) is 2.37. The third-order valence-electron chi connectivity index (χ3n) is 2.78. The van der Waals surface area contributed by atoms with Crippen LogP contribution in [0.3, 0.4) is 0 Å². The lowest BCUT2D eigenvalue weighted by Crippen LogP contribution is -1.95. The van der Waals surface area contributed by atoms with Gasteiger partial charge in [-0.3, -0.25) is 0 Å². The van der Waals surface area contributed by atoms with Gasteiger partial charge < -0.3 is 19.1 Å². The number of carbonyl (C=O) groups is 1. The van der Waals surface area contributed by atoms with E-state index >= 15 is 0 Å². The van der Waals surface area contributed by atoms with Crippen molar-refractivity contribution in [3.05, 3.63) is 29.5 Å². The van der Waals surface area contributed by atoms with Crippen molar-refractivity contribution in [2.45, 2.75) is 6.92 Å². The van der Waals surface area contributed by atoms with Gasteiger partial charge in [-0.25, -0.2) is 4.79 Å². The smallest absolute Gasteiger partial charge is 0.374 e. The van der Waals surface area contributed by atoms with E-state index in [0.29, 0.717) is 22.8 Å². The second kappa shape index (κ2) is 5.01. The van der Waals surface area contributed by atoms with Crippen LogP contribution >= 0.6 is 0 Å². The molecule has 0 unspecified atom stereocenters. The van der Waals surface area contributed by atoms with Crippen molar-refractivity contribution in [1.82, 2.24) is 5.16 Å². The van der Waals surface area contributed by atoms with Crippen LogP contribution in [-0.4, -0.2) is 30.5 Å². The van der Waals surface area contributed by atoms with Gasteiger partial charge in [-0.1, -0.05) is 5.16 Å². The first-order valence-electron chi connectivity index (χ1n) is 5.50. The number of carboxylic acid groups (broad SMARTS) is 1. The molecule has 1 aromatic carbocycles. The molecular formula is C13H13NO5. The van der Waals surface area contributed by atoms with Gasteiger partial charge in [0.05, 0.1) is 14.2 Å². The zero-order valence-electron chi connectivity index (χ0n) is 10.8. The minimum absolute atomic E-state index is 0.217. The topological polar surface area (TPSA) is 81.8 Å². The third-order valence-corrected chi connectivity index (χ3v) is 2.78. The van der Waals surface area contributed by atoms with Crippen LogP contribution in [0.25, 0.3) is 11.3 Å².